The van der Waals surface area contributed by atoms with Crippen LogP contribution < -0.4 is 10.0 Å². The predicted molar refractivity (Wildman–Crippen MR) is 80.3 cm³/mol. The summed E-state index contributed by atoms with van der Waals surface area (Å²) >= 11 is 0.891. The molecule has 0 aliphatic heterocycles. The van der Waals surface area contributed by atoms with E-state index < -0.39 is 15.5 Å². The minimum absolute atomic E-state index is 0.131. The van der Waals surface area contributed by atoms with Crippen molar-refractivity contribution in [1.29, 1.82) is 0 Å². The molecule has 0 bridgehead atoms. The molecule has 122 valence electrons. The van der Waals surface area contributed by atoms with E-state index in [1.54, 1.807) is 6.07 Å². The third kappa shape index (κ3) is 7.50. The van der Waals surface area contributed by atoms with Crippen molar-refractivity contribution in [3.63, 3.8) is 0 Å². The average molecular weight is 362 g/mol. The van der Waals surface area contributed by atoms with Gasteiger partial charge in [-0.2, -0.15) is 13.2 Å². The van der Waals surface area contributed by atoms with Crippen molar-refractivity contribution >= 4 is 33.1 Å². The second kappa shape index (κ2) is 8.37. The van der Waals surface area contributed by atoms with Crippen LogP contribution in [0.2, 0.25) is 0 Å². The second-order valence-corrected chi connectivity index (χ2v) is 8.34. The number of alkyl halides is 3. The molecule has 0 aromatic carbocycles. The first kappa shape index (κ1) is 18.8. The fourth-order valence-corrected chi connectivity index (χ4v) is 4.44. The van der Waals surface area contributed by atoms with Crippen LogP contribution in [0.3, 0.4) is 0 Å². The molecule has 0 atom stereocenters. The van der Waals surface area contributed by atoms with E-state index in [4.69, 9.17) is 0 Å². The lowest BCUT2D eigenvalue weighted by atomic mass is 10.3. The molecule has 0 unspecified atom stereocenters. The third-order valence-electron chi connectivity index (χ3n) is 2.36. The van der Waals surface area contributed by atoms with Crippen molar-refractivity contribution in [3.05, 3.63) is 17.0 Å². The highest BCUT2D eigenvalue weighted by Gasteiger charge is 2.27. The van der Waals surface area contributed by atoms with E-state index in [0.717, 1.165) is 35.7 Å². The van der Waals surface area contributed by atoms with Gasteiger partial charge in [0.1, 0.15) is 4.21 Å². The third-order valence-corrected chi connectivity index (χ3v) is 6.19. The Morgan fingerprint density at radius 3 is 2.62 bits per heavy atom. The van der Waals surface area contributed by atoms with Crippen LogP contribution in [0.1, 0.15) is 11.8 Å². The Morgan fingerprint density at radius 2 is 2.00 bits per heavy atom. The lowest BCUT2D eigenvalue weighted by Crippen LogP contribution is -2.26. The molecule has 1 aromatic heterocycles. The zero-order chi connectivity index (χ0) is 15.9. The SMILES string of the molecule is CCNCCc1ccc(S(=O)(=O)NCCSC(F)(F)F)s1. The van der Waals surface area contributed by atoms with Gasteiger partial charge in [0.25, 0.3) is 0 Å². The van der Waals surface area contributed by atoms with E-state index in [1.165, 1.54) is 6.07 Å². The Morgan fingerprint density at radius 1 is 1.29 bits per heavy atom. The highest BCUT2D eigenvalue weighted by Crippen LogP contribution is 2.29. The highest BCUT2D eigenvalue weighted by molar-refractivity contribution is 8.00. The standard InChI is InChI=1S/C11H17F3N2O2S3/c1-2-15-6-5-9-3-4-10(20-9)21(17,18)16-7-8-19-11(12,13)14/h3-4,15-16H,2,5-8H2,1H3. The van der Waals surface area contributed by atoms with E-state index in [0.29, 0.717) is 0 Å². The van der Waals surface area contributed by atoms with Crippen molar-refractivity contribution in [2.45, 2.75) is 23.1 Å². The van der Waals surface area contributed by atoms with Gasteiger partial charge in [0.15, 0.2) is 0 Å². The Bertz CT molecular complexity index is 529. The molecule has 10 heteroatoms. The molecule has 0 saturated carbocycles. The summed E-state index contributed by atoms with van der Waals surface area (Å²) in [6, 6.07) is 3.20. The first-order valence-electron chi connectivity index (χ1n) is 6.24. The maximum absolute atomic E-state index is 11.9. The molecular formula is C11H17F3N2O2S3. The molecule has 0 amide bonds. The summed E-state index contributed by atoms with van der Waals surface area (Å²) in [6.07, 6.45) is 0.720. The number of rotatable bonds is 9. The van der Waals surface area contributed by atoms with Gasteiger partial charge < -0.3 is 5.32 Å². The monoisotopic (exact) mass is 362 g/mol. The van der Waals surface area contributed by atoms with Gasteiger partial charge in [0.05, 0.1) is 0 Å². The van der Waals surface area contributed by atoms with Crippen molar-refractivity contribution in [2.75, 3.05) is 25.4 Å². The Hall–Kier alpha value is -0.290. The first-order chi connectivity index (χ1) is 9.74. The second-order valence-electron chi connectivity index (χ2n) is 4.02. The Labute approximate surface area is 130 Å². The number of hydrogen-bond donors (Lipinski definition) is 2. The molecule has 0 radical (unpaired) electrons. The molecule has 4 nitrogen and oxygen atoms in total. The van der Waals surface area contributed by atoms with Crippen LogP contribution in [0, 0.1) is 0 Å². The number of halogens is 3. The van der Waals surface area contributed by atoms with Crippen LogP contribution in [0.4, 0.5) is 13.2 Å². The summed E-state index contributed by atoms with van der Waals surface area (Å²) in [5.41, 5.74) is -4.34. The number of thioether (sulfide) groups is 1. The van der Waals surface area contributed by atoms with Gasteiger partial charge in [-0.3, -0.25) is 0 Å². The predicted octanol–water partition coefficient (Wildman–Crippen LogP) is 2.43. The molecule has 1 rings (SSSR count). The van der Waals surface area contributed by atoms with Crippen LogP contribution >= 0.6 is 23.1 Å². The zero-order valence-electron chi connectivity index (χ0n) is 11.4. The first-order valence-corrected chi connectivity index (χ1v) is 9.53. The van der Waals surface area contributed by atoms with Gasteiger partial charge in [-0.15, -0.1) is 11.3 Å². The van der Waals surface area contributed by atoms with Gasteiger partial charge in [0, 0.05) is 17.2 Å². The van der Waals surface area contributed by atoms with E-state index in [9.17, 15) is 21.6 Å². The van der Waals surface area contributed by atoms with Gasteiger partial charge in [-0.1, -0.05) is 6.92 Å². The zero-order valence-corrected chi connectivity index (χ0v) is 13.8. The fourth-order valence-electron chi connectivity index (χ4n) is 1.44. The van der Waals surface area contributed by atoms with Crippen LogP contribution in [0.5, 0.6) is 0 Å². The highest BCUT2D eigenvalue weighted by atomic mass is 32.2. The van der Waals surface area contributed by atoms with E-state index in [-0.39, 0.29) is 28.3 Å². The molecule has 0 spiro atoms. The van der Waals surface area contributed by atoms with E-state index >= 15 is 0 Å². The van der Waals surface area contributed by atoms with Crippen molar-refractivity contribution in [2.24, 2.45) is 0 Å². The van der Waals surface area contributed by atoms with Crippen molar-refractivity contribution in [3.8, 4) is 0 Å². The molecular weight excluding hydrogens is 345 g/mol. The van der Waals surface area contributed by atoms with Crippen LogP contribution in [0.15, 0.2) is 16.3 Å². The number of hydrogen-bond acceptors (Lipinski definition) is 5. The summed E-state index contributed by atoms with van der Waals surface area (Å²) in [5.74, 6) is -0.346. The molecule has 0 aliphatic rings. The van der Waals surface area contributed by atoms with Crippen LogP contribution in [0.25, 0.3) is 0 Å². The van der Waals surface area contributed by atoms with Crippen LogP contribution in [-0.4, -0.2) is 39.3 Å². The average Bonchev–Trinajstić information content (AvgIpc) is 2.84. The minimum Gasteiger partial charge on any atom is -0.317 e. The number of sulfonamides is 1. The summed E-state index contributed by atoms with van der Waals surface area (Å²) in [5, 5.41) is 3.13. The summed E-state index contributed by atoms with van der Waals surface area (Å²) in [4.78, 5) is 0.918. The maximum atomic E-state index is 11.9. The number of likely N-dealkylation sites (N-methyl/N-ethyl adjacent to an activating group) is 1. The summed E-state index contributed by atoms with van der Waals surface area (Å²) in [6.45, 7) is 3.32. The lowest BCUT2D eigenvalue weighted by Gasteiger charge is -2.06. The van der Waals surface area contributed by atoms with Gasteiger partial charge in [-0.25, -0.2) is 13.1 Å². The van der Waals surface area contributed by atoms with Crippen LogP contribution in [-0.2, 0) is 16.4 Å². The molecule has 2 N–H and O–H groups in total. The van der Waals surface area contributed by atoms with Gasteiger partial charge in [-0.05, 0) is 43.4 Å². The summed E-state index contributed by atoms with van der Waals surface area (Å²) in [7, 11) is -3.72. The number of thiophene rings is 1. The molecule has 0 aliphatic carbocycles. The molecule has 1 heterocycles. The minimum atomic E-state index is -4.34. The summed E-state index contributed by atoms with van der Waals surface area (Å²) < 4.78 is 61.9. The van der Waals surface area contributed by atoms with Gasteiger partial charge >= 0.3 is 5.51 Å². The maximum Gasteiger partial charge on any atom is 0.441 e. The normalized spacial score (nSPS) is 12.8. The molecule has 0 saturated heterocycles. The molecule has 21 heavy (non-hydrogen) atoms. The molecule has 1 aromatic rings. The van der Waals surface area contributed by atoms with E-state index in [2.05, 4.69) is 10.0 Å². The van der Waals surface area contributed by atoms with Crippen molar-refractivity contribution < 1.29 is 21.6 Å². The number of nitrogens with one attached hydrogen (secondary N) is 2. The smallest absolute Gasteiger partial charge is 0.317 e. The van der Waals surface area contributed by atoms with Crippen molar-refractivity contribution in [1.82, 2.24) is 10.0 Å². The lowest BCUT2D eigenvalue weighted by molar-refractivity contribution is -0.0327. The Kier molecular flexibility index (Phi) is 7.48. The fraction of sp³-hybridized carbons (Fsp3) is 0.636. The Balaban J connectivity index is 2.47. The molecule has 0 fully saturated rings. The quantitative estimate of drug-likeness (QED) is 0.663. The topological polar surface area (TPSA) is 58.2 Å². The van der Waals surface area contributed by atoms with E-state index in [1.807, 2.05) is 6.92 Å². The van der Waals surface area contributed by atoms with Gasteiger partial charge in [0.2, 0.25) is 10.0 Å². The largest absolute Gasteiger partial charge is 0.441 e.